The van der Waals surface area contributed by atoms with Gasteiger partial charge in [0.05, 0.1) is 5.69 Å². The number of benzene rings is 2. The lowest BCUT2D eigenvalue weighted by Gasteiger charge is -2.29. The van der Waals surface area contributed by atoms with Crippen molar-refractivity contribution in [3.63, 3.8) is 0 Å². The largest absolute Gasteiger partial charge is 0.444 e. The number of imide groups is 1. The van der Waals surface area contributed by atoms with E-state index in [1.807, 2.05) is 5.32 Å². The van der Waals surface area contributed by atoms with Crippen molar-refractivity contribution in [3.8, 4) is 5.75 Å². The zero-order valence-corrected chi connectivity index (χ0v) is 17.8. The number of hydrogen-bond donors (Lipinski definition) is 2. The third-order valence-corrected chi connectivity index (χ3v) is 5.44. The molecule has 1 saturated heterocycles. The van der Waals surface area contributed by atoms with Crippen molar-refractivity contribution >= 4 is 29.5 Å². The molecule has 0 aromatic heterocycles. The number of amides is 4. The number of ether oxygens (including phenoxy) is 2. The average Bonchev–Trinajstić information content (AvgIpc) is 3.11. The zero-order valence-electron chi connectivity index (χ0n) is 17.8. The fourth-order valence-corrected chi connectivity index (χ4v) is 3.80. The Morgan fingerprint density at radius 2 is 1.91 bits per heavy atom. The van der Waals surface area contributed by atoms with Gasteiger partial charge in [0.1, 0.15) is 18.5 Å². The quantitative estimate of drug-likeness (QED) is 0.471. The highest BCUT2D eigenvalue weighted by Crippen LogP contribution is 2.29. The lowest BCUT2D eigenvalue weighted by atomic mass is 10.0. The number of piperidine rings is 1. The molecule has 0 bridgehead atoms. The van der Waals surface area contributed by atoms with Crippen LogP contribution in [-0.2, 0) is 27.5 Å². The van der Waals surface area contributed by atoms with Crippen molar-refractivity contribution in [3.05, 3.63) is 58.7 Å². The normalized spacial score (nSPS) is 17.3. The summed E-state index contributed by atoms with van der Waals surface area (Å²) in [6.45, 7) is -3.52. The first kappa shape index (κ1) is 24.0. The molecule has 35 heavy (non-hydrogen) atoms. The van der Waals surface area contributed by atoms with Crippen LogP contribution in [0.25, 0.3) is 0 Å². The topological polar surface area (TPSA) is 114 Å². The van der Waals surface area contributed by atoms with Gasteiger partial charge in [-0.15, -0.1) is 0 Å². The minimum atomic E-state index is -3.36. The smallest absolute Gasteiger partial charge is 0.412 e. The summed E-state index contributed by atoms with van der Waals surface area (Å²) >= 11 is 0. The number of fused-ring (bicyclic) bond motifs is 1. The van der Waals surface area contributed by atoms with E-state index in [1.54, 1.807) is 12.1 Å². The Morgan fingerprint density at radius 1 is 1.14 bits per heavy atom. The molecular weight excluding hydrogens is 478 g/mol. The standard InChI is InChI=1S/C22H17F4N3O6/c23-13-6-14(24)17(35-21(25)26)7-15(13)27-22(33)34-9-10-1-2-11-8-29(20(32)12(11)5-10)16-3-4-18(30)28-19(16)31/h1-2,5-7,16,21H,3-4,8-9H2,(H,27,33)(H,28,30,31). The Labute approximate surface area is 195 Å². The Kier molecular flexibility index (Phi) is 6.58. The van der Waals surface area contributed by atoms with Crippen LogP contribution in [0.5, 0.6) is 5.75 Å². The first-order chi connectivity index (χ1) is 16.6. The maximum Gasteiger partial charge on any atom is 0.412 e. The molecule has 2 aromatic carbocycles. The summed E-state index contributed by atoms with van der Waals surface area (Å²) in [5.41, 5.74) is 0.706. The molecular formula is C22H17F4N3O6. The highest BCUT2D eigenvalue weighted by Gasteiger charge is 2.39. The van der Waals surface area contributed by atoms with Gasteiger partial charge in [-0.2, -0.15) is 8.78 Å². The van der Waals surface area contributed by atoms with E-state index in [4.69, 9.17) is 4.74 Å². The van der Waals surface area contributed by atoms with E-state index in [0.29, 0.717) is 22.8 Å². The minimum absolute atomic E-state index is 0.120. The second-order valence-corrected chi connectivity index (χ2v) is 7.73. The van der Waals surface area contributed by atoms with Crippen LogP contribution in [0.2, 0.25) is 0 Å². The number of nitrogens with zero attached hydrogens (tertiary/aromatic N) is 1. The Balaban J connectivity index is 1.39. The van der Waals surface area contributed by atoms with Crippen LogP contribution in [0.3, 0.4) is 0 Å². The number of rotatable bonds is 6. The predicted octanol–water partition coefficient (Wildman–Crippen LogP) is 3.08. The first-order valence-corrected chi connectivity index (χ1v) is 10.3. The van der Waals surface area contributed by atoms with E-state index in [-0.39, 0.29) is 32.1 Å². The van der Waals surface area contributed by atoms with E-state index >= 15 is 0 Å². The van der Waals surface area contributed by atoms with Crippen molar-refractivity contribution in [1.82, 2.24) is 10.2 Å². The van der Waals surface area contributed by atoms with Crippen LogP contribution in [0, 0.1) is 11.6 Å². The van der Waals surface area contributed by atoms with Crippen molar-refractivity contribution in [2.45, 2.75) is 38.6 Å². The number of carbonyl (C=O) groups excluding carboxylic acids is 4. The molecule has 2 heterocycles. The molecule has 1 fully saturated rings. The SMILES string of the molecule is O=C1CCC(N2Cc3ccc(COC(=O)Nc4cc(OC(F)F)c(F)cc4F)cc3C2=O)C(=O)N1. The average molecular weight is 495 g/mol. The summed E-state index contributed by atoms with van der Waals surface area (Å²) in [6, 6.07) is 4.74. The molecule has 13 heteroatoms. The van der Waals surface area contributed by atoms with E-state index in [0.717, 1.165) is 0 Å². The number of carbonyl (C=O) groups is 4. The Bertz CT molecular complexity index is 1220. The lowest BCUT2D eigenvalue weighted by Crippen LogP contribution is -2.52. The molecule has 1 unspecified atom stereocenters. The molecule has 4 rings (SSSR count). The van der Waals surface area contributed by atoms with Gasteiger partial charge in [0.2, 0.25) is 11.8 Å². The molecule has 2 aliphatic heterocycles. The molecule has 0 saturated carbocycles. The lowest BCUT2D eigenvalue weighted by molar-refractivity contribution is -0.136. The third kappa shape index (κ3) is 5.18. The molecule has 184 valence electrons. The van der Waals surface area contributed by atoms with Crippen LogP contribution in [-0.4, -0.2) is 41.4 Å². The van der Waals surface area contributed by atoms with Gasteiger partial charge in [0.25, 0.3) is 5.91 Å². The molecule has 9 nitrogen and oxygen atoms in total. The van der Waals surface area contributed by atoms with E-state index in [2.05, 4.69) is 10.1 Å². The fraction of sp³-hybridized carbons (Fsp3) is 0.273. The van der Waals surface area contributed by atoms with Crippen molar-refractivity contribution in [2.24, 2.45) is 0 Å². The second-order valence-electron chi connectivity index (χ2n) is 7.73. The van der Waals surface area contributed by atoms with Crippen LogP contribution in [0.1, 0.15) is 34.3 Å². The number of anilines is 1. The van der Waals surface area contributed by atoms with Gasteiger partial charge in [-0.05, 0) is 23.6 Å². The Hall–Kier alpha value is -4.16. The summed E-state index contributed by atoms with van der Waals surface area (Å²) in [6.07, 6.45) is -0.838. The molecule has 4 amide bonds. The maximum atomic E-state index is 13.9. The van der Waals surface area contributed by atoms with Gasteiger partial charge in [0.15, 0.2) is 11.6 Å². The summed E-state index contributed by atoms with van der Waals surface area (Å²) in [5, 5.41) is 4.17. The van der Waals surface area contributed by atoms with Gasteiger partial charge in [0, 0.05) is 30.7 Å². The zero-order chi connectivity index (χ0) is 25.3. The first-order valence-electron chi connectivity index (χ1n) is 10.3. The number of alkyl halides is 2. The summed E-state index contributed by atoms with van der Waals surface area (Å²) in [4.78, 5) is 49.7. The van der Waals surface area contributed by atoms with Crippen molar-refractivity contribution < 1.29 is 46.2 Å². The molecule has 0 spiro atoms. The summed E-state index contributed by atoms with van der Waals surface area (Å²) in [7, 11) is 0. The molecule has 2 N–H and O–H groups in total. The van der Waals surface area contributed by atoms with E-state index in [9.17, 15) is 36.7 Å². The van der Waals surface area contributed by atoms with Gasteiger partial charge < -0.3 is 14.4 Å². The predicted molar refractivity (Wildman–Crippen MR) is 109 cm³/mol. The number of halogens is 4. The Morgan fingerprint density at radius 3 is 2.63 bits per heavy atom. The van der Waals surface area contributed by atoms with E-state index < -0.39 is 59.5 Å². The number of hydrogen-bond acceptors (Lipinski definition) is 6. The molecule has 1 atom stereocenters. The molecule has 0 aliphatic carbocycles. The van der Waals surface area contributed by atoms with Crippen molar-refractivity contribution in [1.29, 1.82) is 0 Å². The highest BCUT2D eigenvalue weighted by atomic mass is 19.3. The second kappa shape index (κ2) is 9.60. The monoisotopic (exact) mass is 495 g/mol. The molecule has 2 aliphatic rings. The summed E-state index contributed by atoms with van der Waals surface area (Å²) < 4.78 is 61.0. The summed E-state index contributed by atoms with van der Waals surface area (Å²) in [5.74, 6) is -4.94. The molecule has 0 radical (unpaired) electrons. The van der Waals surface area contributed by atoms with Gasteiger partial charge in [-0.3, -0.25) is 25.0 Å². The maximum absolute atomic E-state index is 13.9. The van der Waals surface area contributed by atoms with Gasteiger partial charge in [-0.1, -0.05) is 12.1 Å². The molecule has 2 aromatic rings. The fourth-order valence-electron chi connectivity index (χ4n) is 3.80. The third-order valence-electron chi connectivity index (χ3n) is 5.44. The van der Waals surface area contributed by atoms with Gasteiger partial charge in [-0.25, -0.2) is 13.6 Å². The van der Waals surface area contributed by atoms with E-state index in [1.165, 1.54) is 11.0 Å². The number of nitrogens with one attached hydrogen (secondary N) is 2. The minimum Gasteiger partial charge on any atom is -0.444 e. The van der Waals surface area contributed by atoms with Crippen LogP contribution >= 0.6 is 0 Å². The van der Waals surface area contributed by atoms with Gasteiger partial charge >= 0.3 is 12.7 Å². The van der Waals surface area contributed by atoms with Crippen LogP contribution < -0.4 is 15.4 Å². The van der Waals surface area contributed by atoms with Crippen molar-refractivity contribution in [2.75, 3.05) is 5.32 Å². The van der Waals surface area contributed by atoms with Crippen LogP contribution in [0.15, 0.2) is 30.3 Å². The highest BCUT2D eigenvalue weighted by molar-refractivity contribution is 6.05. The van der Waals surface area contributed by atoms with Crippen LogP contribution in [0.4, 0.5) is 28.0 Å².